The summed E-state index contributed by atoms with van der Waals surface area (Å²) in [5, 5.41) is 8.89. The fraction of sp³-hybridized carbons (Fsp3) is 0.600. The van der Waals surface area contributed by atoms with E-state index < -0.39 is 11.6 Å². The largest absolute Gasteiger partial charge is 0.465 e. The monoisotopic (exact) mass is 197 g/mol. The van der Waals surface area contributed by atoms with Crippen molar-refractivity contribution in [2.24, 2.45) is 0 Å². The molecular weight excluding hydrogens is 182 g/mol. The Bertz CT molecular complexity index is 275. The zero-order valence-corrected chi connectivity index (χ0v) is 8.32. The molecule has 0 aromatic heterocycles. The molecule has 0 bridgehead atoms. The smallest absolute Gasteiger partial charge is 0.407 e. The minimum absolute atomic E-state index is 0.0160. The van der Waals surface area contributed by atoms with Crippen LogP contribution in [-0.2, 0) is 4.79 Å². The lowest BCUT2D eigenvalue weighted by Gasteiger charge is -2.34. The summed E-state index contributed by atoms with van der Waals surface area (Å²) in [6, 6.07) is 0. The van der Waals surface area contributed by atoms with Crippen LogP contribution in [0.3, 0.4) is 0 Å². The van der Waals surface area contributed by atoms with Crippen molar-refractivity contribution >= 4 is 11.9 Å². The van der Waals surface area contributed by atoms with E-state index in [4.69, 9.17) is 5.11 Å². The topological polar surface area (TPSA) is 57.6 Å². The average Bonchev–Trinajstić information content (AvgIpc) is 2.48. The lowest BCUT2D eigenvalue weighted by atomic mass is 9.91. The molecule has 0 aromatic carbocycles. The van der Waals surface area contributed by atoms with Gasteiger partial charge >= 0.3 is 6.09 Å². The van der Waals surface area contributed by atoms with E-state index in [1.807, 2.05) is 0 Å². The highest BCUT2D eigenvalue weighted by Crippen LogP contribution is 2.34. The Labute approximate surface area is 83.2 Å². The molecule has 1 fully saturated rings. The summed E-state index contributed by atoms with van der Waals surface area (Å²) >= 11 is 0. The van der Waals surface area contributed by atoms with E-state index in [1.165, 1.54) is 7.05 Å². The van der Waals surface area contributed by atoms with Gasteiger partial charge in [-0.05, 0) is 19.3 Å². The number of carbonyl (C=O) groups excluding carboxylic acids is 1. The molecule has 78 valence electrons. The lowest BCUT2D eigenvalue weighted by molar-refractivity contribution is -0.126. The van der Waals surface area contributed by atoms with Crippen molar-refractivity contribution < 1.29 is 14.7 Å². The average molecular weight is 197 g/mol. The standard InChI is InChI=1S/C10H15NO3/c1-3-6-10(11(2)9(13)14)7-4-5-8(10)12/h3H,1,4-7H2,2H3,(H,13,14). The first-order chi connectivity index (χ1) is 6.54. The number of carbonyl (C=O) groups is 2. The first kappa shape index (κ1) is 10.8. The molecule has 4 heteroatoms. The summed E-state index contributed by atoms with van der Waals surface area (Å²) in [6.45, 7) is 3.57. The van der Waals surface area contributed by atoms with E-state index in [0.29, 0.717) is 19.3 Å². The molecule has 4 nitrogen and oxygen atoms in total. The molecule has 1 N–H and O–H groups in total. The number of hydrogen-bond acceptors (Lipinski definition) is 2. The van der Waals surface area contributed by atoms with Gasteiger partial charge in [-0.1, -0.05) is 6.08 Å². The molecule has 1 atom stereocenters. The molecule has 1 aliphatic rings. The van der Waals surface area contributed by atoms with Crippen LogP contribution in [0.1, 0.15) is 25.7 Å². The fourth-order valence-corrected chi connectivity index (χ4v) is 2.04. The van der Waals surface area contributed by atoms with Gasteiger partial charge in [-0.2, -0.15) is 0 Å². The maximum absolute atomic E-state index is 11.7. The van der Waals surface area contributed by atoms with Crippen molar-refractivity contribution in [3.63, 3.8) is 0 Å². The zero-order valence-electron chi connectivity index (χ0n) is 8.32. The van der Waals surface area contributed by atoms with Crippen LogP contribution in [0.15, 0.2) is 12.7 Å². The van der Waals surface area contributed by atoms with Crippen molar-refractivity contribution in [3.8, 4) is 0 Å². The van der Waals surface area contributed by atoms with E-state index in [0.717, 1.165) is 11.3 Å². The molecule has 0 radical (unpaired) electrons. The number of nitrogens with zero attached hydrogens (tertiary/aromatic N) is 1. The fourth-order valence-electron chi connectivity index (χ4n) is 2.04. The van der Waals surface area contributed by atoms with Crippen LogP contribution in [0, 0.1) is 0 Å². The van der Waals surface area contributed by atoms with Gasteiger partial charge in [0.25, 0.3) is 0 Å². The van der Waals surface area contributed by atoms with E-state index in [2.05, 4.69) is 6.58 Å². The maximum atomic E-state index is 11.7. The molecule has 1 aliphatic carbocycles. The summed E-state index contributed by atoms with van der Waals surface area (Å²) in [7, 11) is 1.45. The highest BCUT2D eigenvalue weighted by molar-refractivity contribution is 5.93. The molecular formula is C10H15NO3. The van der Waals surface area contributed by atoms with Crippen LogP contribution in [0.5, 0.6) is 0 Å². The molecule has 1 saturated carbocycles. The van der Waals surface area contributed by atoms with Gasteiger partial charge in [-0.15, -0.1) is 6.58 Å². The normalized spacial score (nSPS) is 26.2. The number of ketones is 1. The van der Waals surface area contributed by atoms with E-state index >= 15 is 0 Å². The summed E-state index contributed by atoms with van der Waals surface area (Å²) in [6.07, 6.45) is 2.83. The van der Waals surface area contributed by atoms with Crippen LogP contribution in [-0.4, -0.2) is 34.5 Å². The zero-order chi connectivity index (χ0) is 10.8. The molecule has 0 heterocycles. The second-order valence-corrected chi connectivity index (χ2v) is 3.64. The summed E-state index contributed by atoms with van der Waals surface area (Å²) in [5.74, 6) is 0.0160. The third-order valence-electron chi connectivity index (χ3n) is 2.92. The summed E-state index contributed by atoms with van der Waals surface area (Å²) < 4.78 is 0. The van der Waals surface area contributed by atoms with Gasteiger partial charge in [0, 0.05) is 13.5 Å². The second-order valence-electron chi connectivity index (χ2n) is 3.64. The van der Waals surface area contributed by atoms with Crippen LogP contribution in [0.4, 0.5) is 4.79 Å². The van der Waals surface area contributed by atoms with Gasteiger partial charge in [0.2, 0.25) is 0 Å². The highest BCUT2D eigenvalue weighted by Gasteiger charge is 2.46. The van der Waals surface area contributed by atoms with Crippen molar-refractivity contribution in [1.82, 2.24) is 4.90 Å². The highest BCUT2D eigenvalue weighted by atomic mass is 16.4. The van der Waals surface area contributed by atoms with E-state index in [1.54, 1.807) is 6.08 Å². The van der Waals surface area contributed by atoms with E-state index in [-0.39, 0.29) is 5.78 Å². The SMILES string of the molecule is C=CCC1(N(C)C(=O)O)CCCC1=O. The summed E-state index contributed by atoms with van der Waals surface area (Å²) in [5.41, 5.74) is -0.840. The van der Waals surface area contributed by atoms with Crippen LogP contribution >= 0.6 is 0 Å². The molecule has 1 amide bonds. The predicted octanol–water partition coefficient (Wildman–Crippen LogP) is 1.66. The van der Waals surface area contributed by atoms with Gasteiger partial charge in [0.05, 0.1) is 0 Å². The molecule has 0 aliphatic heterocycles. The van der Waals surface area contributed by atoms with Gasteiger partial charge < -0.3 is 5.11 Å². The quantitative estimate of drug-likeness (QED) is 0.700. The van der Waals surface area contributed by atoms with Crippen LogP contribution in [0.2, 0.25) is 0 Å². The van der Waals surface area contributed by atoms with Crippen molar-refractivity contribution in [1.29, 1.82) is 0 Å². The Hall–Kier alpha value is -1.32. The molecule has 1 rings (SSSR count). The van der Waals surface area contributed by atoms with Crippen molar-refractivity contribution in [2.45, 2.75) is 31.2 Å². The Morgan fingerprint density at radius 2 is 2.43 bits per heavy atom. The first-order valence-corrected chi connectivity index (χ1v) is 4.65. The Kier molecular flexibility index (Phi) is 2.93. The number of hydrogen-bond donors (Lipinski definition) is 1. The predicted molar refractivity (Wildman–Crippen MR) is 52.2 cm³/mol. The van der Waals surface area contributed by atoms with Crippen molar-refractivity contribution in [3.05, 3.63) is 12.7 Å². The molecule has 1 unspecified atom stereocenters. The van der Waals surface area contributed by atoms with Crippen LogP contribution < -0.4 is 0 Å². The van der Waals surface area contributed by atoms with Crippen molar-refractivity contribution in [2.75, 3.05) is 7.05 Å². The molecule has 0 aromatic rings. The second kappa shape index (κ2) is 3.82. The Morgan fingerprint density at radius 3 is 2.79 bits per heavy atom. The number of amides is 1. The number of carboxylic acid groups (broad SMARTS) is 1. The first-order valence-electron chi connectivity index (χ1n) is 4.65. The molecule has 14 heavy (non-hydrogen) atoms. The number of Topliss-reactive ketones (excluding diaryl/α,β-unsaturated/α-hetero) is 1. The minimum Gasteiger partial charge on any atom is -0.465 e. The lowest BCUT2D eigenvalue weighted by Crippen LogP contribution is -2.51. The Morgan fingerprint density at radius 1 is 1.79 bits per heavy atom. The maximum Gasteiger partial charge on any atom is 0.407 e. The van der Waals surface area contributed by atoms with E-state index in [9.17, 15) is 9.59 Å². The van der Waals surface area contributed by atoms with Crippen LogP contribution in [0.25, 0.3) is 0 Å². The van der Waals surface area contributed by atoms with Gasteiger partial charge in [-0.3, -0.25) is 9.69 Å². The van der Waals surface area contributed by atoms with Gasteiger partial charge in [0.15, 0.2) is 5.78 Å². The number of rotatable bonds is 3. The molecule has 0 saturated heterocycles. The third-order valence-corrected chi connectivity index (χ3v) is 2.92. The van der Waals surface area contributed by atoms with Gasteiger partial charge in [-0.25, -0.2) is 4.79 Å². The molecule has 0 spiro atoms. The third kappa shape index (κ3) is 1.52. The van der Waals surface area contributed by atoms with Gasteiger partial charge in [0.1, 0.15) is 5.54 Å². The minimum atomic E-state index is -1.05. The Balaban J connectivity index is 2.97. The summed E-state index contributed by atoms with van der Waals surface area (Å²) in [4.78, 5) is 23.7. The number of likely N-dealkylation sites (N-methyl/N-ethyl adjacent to an activating group) is 1.